The van der Waals surface area contributed by atoms with Gasteiger partial charge in [0.25, 0.3) is 0 Å². The molecular weight excluding hydrogens is 254 g/mol. The lowest BCUT2D eigenvalue weighted by molar-refractivity contribution is 0.588. The van der Waals surface area contributed by atoms with Gasteiger partial charge in [0.05, 0.1) is 5.25 Å². The molecule has 0 bridgehead atoms. The summed E-state index contributed by atoms with van der Waals surface area (Å²) in [6, 6.07) is 7.09. The third kappa shape index (κ3) is 2.79. The Morgan fingerprint density at radius 1 is 1.46 bits per heavy atom. The van der Waals surface area contributed by atoms with Crippen LogP contribution >= 0.6 is 15.9 Å². The van der Waals surface area contributed by atoms with Crippen molar-refractivity contribution in [2.24, 2.45) is 5.14 Å². The molecule has 2 N–H and O–H groups in total. The van der Waals surface area contributed by atoms with Crippen LogP contribution in [0.4, 0.5) is 0 Å². The van der Waals surface area contributed by atoms with E-state index >= 15 is 0 Å². The molecule has 1 unspecified atom stereocenters. The van der Waals surface area contributed by atoms with Gasteiger partial charge < -0.3 is 0 Å². The molecule has 1 aromatic rings. The fourth-order valence-electron chi connectivity index (χ4n) is 0.949. The third-order valence-corrected chi connectivity index (χ3v) is 3.56. The SMILES string of the molecule is CC(c1cccc(Br)c1)S(N)(=O)=O. The van der Waals surface area contributed by atoms with Gasteiger partial charge in [-0.05, 0) is 24.6 Å². The smallest absolute Gasteiger partial charge is 0.215 e. The number of hydrogen-bond acceptors (Lipinski definition) is 2. The number of benzene rings is 1. The lowest BCUT2D eigenvalue weighted by Crippen LogP contribution is -2.19. The van der Waals surface area contributed by atoms with Gasteiger partial charge in [0.2, 0.25) is 10.0 Å². The van der Waals surface area contributed by atoms with Gasteiger partial charge in [0.15, 0.2) is 0 Å². The van der Waals surface area contributed by atoms with Crippen LogP contribution in [0.3, 0.4) is 0 Å². The number of primary sulfonamides is 1. The highest BCUT2D eigenvalue weighted by Gasteiger charge is 2.17. The highest BCUT2D eigenvalue weighted by molar-refractivity contribution is 9.10. The Balaban J connectivity index is 3.10. The number of sulfonamides is 1. The second-order valence-corrected chi connectivity index (χ2v) is 5.59. The molecule has 72 valence electrons. The van der Waals surface area contributed by atoms with E-state index in [-0.39, 0.29) is 0 Å². The maximum atomic E-state index is 11.0. The van der Waals surface area contributed by atoms with Crippen LogP contribution in [0.15, 0.2) is 28.7 Å². The molecule has 0 fully saturated rings. The Kier molecular flexibility index (Phi) is 3.10. The predicted octanol–water partition coefficient (Wildman–Crippen LogP) is 1.80. The molecule has 0 saturated heterocycles. The van der Waals surface area contributed by atoms with E-state index in [9.17, 15) is 8.42 Å². The van der Waals surface area contributed by atoms with Gasteiger partial charge in [-0.3, -0.25) is 0 Å². The first kappa shape index (κ1) is 10.7. The van der Waals surface area contributed by atoms with Gasteiger partial charge in [0, 0.05) is 4.47 Å². The minimum Gasteiger partial charge on any atom is -0.228 e. The summed E-state index contributed by atoms with van der Waals surface area (Å²) in [5.74, 6) is 0. The Morgan fingerprint density at radius 3 is 2.54 bits per heavy atom. The van der Waals surface area contributed by atoms with Crippen LogP contribution in [0.25, 0.3) is 0 Å². The molecule has 5 heteroatoms. The van der Waals surface area contributed by atoms with Crippen LogP contribution in [0, 0.1) is 0 Å². The molecule has 1 rings (SSSR count). The summed E-state index contributed by atoms with van der Waals surface area (Å²) in [5.41, 5.74) is 0.692. The first-order valence-electron chi connectivity index (χ1n) is 3.68. The van der Waals surface area contributed by atoms with Gasteiger partial charge in [-0.2, -0.15) is 0 Å². The molecule has 0 aromatic heterocycles. The van der Waals surface area contributed by atoms with Gasteiger partial charge in [-0.1, -0.05) is 28.1 Å². The van der Waals surface area contributed by atoms with E-state index in [0.29, 0.717) is 5.56 Å². The second-order valence-electron chi connectivity index (χ2n) is 2.79. The van der Waals surface area contributed by atoms with Gasteiger partial charge in [-0.25, -0.2) is 13.6 Å². The summed E-state index contributed by atoms with van der Waals surface area (Å²) in [4.78, 5) is 0. The van der Waals surface area contributed by atoms with Crippen LogP contribution in [-0.2, 0) is 10.0 Å². The van der Waals surface area contributed by atoms with Gasteiger partial charge in [0.1, 0.15) is 0 Å². The third-order valence-electron chi connectivity index (χ3n) is 1.81. The second kappa shape index (κ2) is 3.77. The highest BCUT2D eigenvalue weighted by Crippen LogP contribution is 2.22. The van der Waals surface area contributed by atoms with E-state index in [1.165, 1.54) is 0 Å². The summed E-state index contributed by atoms with van der Waals surface area (Å²) in [6.07, 6.45) is 0. The van der Waals surface area contributed by atoms with Crippen molar-refractivity contribution in [3.8, 4) is 0 Å². The van der Waals surface area contributed by atoms with E-state index in [4.69, 9.17) is 5.14 Å². The molecule has 1 aromatic carbocycles. The van der Waals surface area contributed by atoms with Crippen molar-refractivity contribution in [2.75, 3.05) is 0 Å². The Labute approximate surface area is 86.1 Å². The first-order chi connectivity index (χ1) is 5.91. The van der Waals surface area contributed by atoms with Crippen LogP contribution in [0.2, 0.25) is 0 Å². The van der Waals surface area contributed by atoms with Crippen LogP contribution in [-0.4, -0.2) is 8.42 Å². The van der Waals surface area contributed by atoms with E-state index in [0.717, 1.165) is 4.47 Å². The fraction of sp³-hybridized carbons (Fsp3) is 0.250. The zero-order valence-electron chi connectivity index (χ0n) is 7.07. The lowest BCUT2D eigenvalue weighted by atomic mass is 10.2. The van der Waals surface area contributed by atoms with Crippen molar-refractivity contribution in [1.82, 2.24) is 0 Å². The molecule has 0 aliphatic carbocycles. The molecule has 0 amide bonds. The predicted molar refractivity (Wildman–Crippen MR) is 55.7 cm³/mol. The summed E-state index contributed by atoms with van der Waals surface area (Å²) in [7, 11) is -3.49. The van der Waals surface area contributed by atoms with Crippen molar-refractivity contribution >= 4 is 26.0 Å². The number of halogens is 1. The van der Waals surface area contributed by atoms with Crippen molar-refractivity contribution in [2.45, 2.75) is 12.2 Å². The van der Waals surface area contributed by atoms with Crippen molar-refractivity contribution < 1.29 is 8.42 Å². The molecule has 1 atom stereocenters. The van der Waals surface area contributed by atoms with E-state index in [1.54, 1.807) is 25.1 Å². The van der Waals surface area contributed by atoms with Crippen molar-refractivity contribution in [1.29, 1.82) is 0 Å². The van der Waals surface area contributed by atoms with Crippen molar-refractivity contribution in [3.63, 3.8) is 0 Å². The summed E-state index contributed by atoms with van der Waals surface area (Å²) in [6.45, 7) is 1.57. The zero-order chi connectivity index (χ0) is 10.1. The maximum Gasteiger partial charge on any atom is 0.215 e. The Morgan fingerprint density at radius 2 is 2.08 bits per heavy atom. The van der Waals surface area contributed by atoms with Gasteiger partial charge >= 0.3 is 0 Å². The summed E-state index contributed by atoms with van der Waals surface area (Å²) < 4.78 is 22.9. The molecule has 0 aliphatic heterocycles. The van der Waals surface area contributed by atoms with Crippen LogP contribution in [0.1, 0.15) is 17.7 Å². The average Bonchev–Trinajstić information content (AvgIpc) is 2.01. The average molecular weight is 264 g/mol. The normalized spacial score (nSPS) is 14.1. The molecular formula is C8H10BrNO2S. The standard InChI is InChI=1S/C8H10BrNO2S/c1-6(13(10,11)12)7-3-2-4-8(9)5-7/h2-6H,1H3,(H2,10,11,12). The highest BCUT2D eigenvalue weighted by atomic mass is 79.9. The molecule has 0 heterocycles. The quantitative estimate of drug-likeness (QED) is 0.885. The fourth-order valence-corrected chi connectivity index (χ4v) is 1.89. The Hall–Kier alpha value is -0.390. The van der Waals surface area contributed by atoms with Crippen LogP contribution < -0.4 is 5.14 Å². The Bertz CT molecular complexity index is 402. The molecule has 0 aliphatic rings. The molecule has 13 heavy (non-hydrogen) atoms. The topological polar surface area (TPSA) is 60.2 Å². The maximum absolute atomic E-state index is 11.0. The summed E-state index contributed by atoms with van der Waals surface area (Å²) in [5, 5.41) is 4.36. The number of hydrogen-bond donors (Lipinski definition) is 1. The van der Waals surface area contributed by atoms with E-state index in [1.807, 2.05) is 6.07 Å². The van der Waals surface area contributed by atoms with Crippen molar-refractivity contribution in [3.05, 3.63) is 34.3 Å². The van der Waals surface area contributed by atoms with Gasteiger partial charge in [-0.15, -0.1) is 0 Å². The molecule has 0 radical (unpaired) electrons. The number of rotatable bonds is 2. The number of nitrogens with two attached hydrogens (primary N) is 1. The van der Waals surface area contributed by atoms with E-state index < -0.39 is 15.3 Å². The molecule has 3 nitrogen and oxygen atoms in total. The first-order valence-corrected chi connectivity index (χ1v) is 6.08. The van der Waals surface area contributed by atoms with E-state index in [2.05, 4.69) is 15.9 Å². The molecule has 0 saturated carbocycles. The molecule has 0 spiro atoms. The minimum absolute atomic E-state index is 0.662. The zero-order valence-corrected chi connectivity index (χ0v) is 9.47. The largest absolute Gasteiger partial charge is 0.228 e. The lowest BCUT2D eigenvalue weighted by Gasteiger charge is -2.08. The monoisotopic (exact) mass is 263 g/mol. The minimum atomic E-state index is -3.49. The van der Waals surface area contributed by atoms with Crippen LogP contribution in [0.5, 0.6) is 0 Å². The summed E-state index contributed by atoms with van der Waals surface area (Å²) >= 11 is 3.26.